The minimum Gasteiger partial charge on any atom is -0.340 e. The molecule has 0 aliphatic carbocycles. The molecule has 0 bridgehead atoms. The van der Waals surface area contributed by atoms with E-state index in [1.165, 1.54) is 0 Å². The van der Waals surface area contributed by atoms with Gasteiger partial charge in [0.1, 0.15) is 0 Å². The van der Waals surface area contributed by atoms with Crippen molar-refractivity contribution in [1.82, 2.24) is 25.1 Å². The lowest BCUT2D eigenvalue weighted by Crippen LogP contribution is -2.44. The highest BCUT2D eigenvalue weighted by molar-refractivity contribution is 5.77. The van der Waals surface area contributed by atoms with Crippen molar-refractivity contribution in [1.29, 1.82) is 0 Å². The monoisotopic (exact) mass is 397 g/mol. The van der Waals surface area contributed by atoms with Gasteiger partial charge in [-0.3, -0.25) is 4.79 Å². The quantitative estimate of drug-likeness (QED) is 0.638. The molecule has 0 radical (unpaired) electrons. The first-order valence-corrected chi connectivity index (χ1v) is 10.6. The van der Waals surface area contributed by atoms with Crippen molar-refractivity contribution in [3.63, 3.8) is 0 Å². The van der Waals surface area contributed by atoms with Crippen LogP contribution in [0, 0.1) is 0 Å². The Morgan fingerprint density at radius 3 is 2.79 bits per heavy atom. The van der Waals surface area contributed by atoms with E-state index in [1.54, 1.807) is 12.5 Å². The Morgan fingerprint density at radius 1 is 1.14 bits per heavy atom. The van der Waals surface area contributed by atoms with E-state index in [1.807, 2.05) is 46.0 Å². The fraction of sp³-hybridized carbons (Fsp3) is 0.500. The molecule has 3 rings (SSSR count). The molecule has 1 atom stereocenters. The van der Waals surface area contributed by atoms with Gasteiger partial charge in [0.25, 0.3) is 0 Å². The maximum atomic E-state index is 12.5. The highest BCUT2D eigenvalue weighted by atomic mass is 16.2. The summed E-state index contributed by atoms with van der Waals surface area (Å²) < 4.78 is 2.03. The van der Waals surface area contributed by atoms with Crippen molar-refractivity contribution in [3.05, 3.63) is 54.6 Å². The van der Waals surface area contributed by atoms with Crippen molar-refractivity contribution in [2.75, 3.05) is 19.6 Å². The molecule has 1 aliphatic heterocycles. The van der Waals surface area contributed by atoms with E-state index in [-0.39, 0.29) is 18.0 Å². The average Bonchev–Trinajstić information content (AvgIpc) is 3.17. The molecule has 2 heterocycles. The number of rotatable bonds is 9. The Morgan fingerprint density at radius 2 is 2.00 bits per heavy atom. The zero-order valence-electron chi connectivity index (χ0n) is 16.9. The predicted molar refractivity (Wildman–Crippen MR) is 112 cm³/mol. The Balaban J connectivity index is 1.49. The number of nitrogens with one attached hydrogen (secondary N) is 2. The molecule has 1 aromatic carbocycles. The van der Waals surface area contributed by atoms with Gasteiger partial charge in [0.05, 0.1) is 12.4 Å². The van der Waals surface area contributed by atoms with E-state index < -0.39 is 0 Å². The van der Waals surface area contributed by atoms with Crippen LogP contribution in [-0.2, 0) is 11.3 Å². The van der Waals surface area contributed by atoms with Gasteiger partial charge in [-0.15, -0.1) is 0 Å². The van der Waals surface area contributed by atoms with Crippen molar-refractivity contribution in [3.8, 4) is 0 Å². The Bertz CT molecular complexity index is 748. The summed E-state index contributed by atoms with van der Waals surface area (Å²) >= 11 is 0. The van der Waals surface area contributed by atoms with Crippen molar-refractivity contribution in [2.45, 2.75) is 51.1 Å². The maximum Gasteiger partial charge on any atom is 0.315 e. The highest BCUT2D eigenvalue weighted by Crippen LogP contribution is 2.18. The summed E-state index contributed by atoms with van der Waals surface area (Å²) in [6.45, 7) is 2.79. The molecular formula is C22H31N5O2. The third-order valence-corrected chi connectivity index (χ3v) is 5.27. The molecule has 1 saturated heterocycles. The number of likely N-dealkylation sites (tertiary alicyclic amines) is 1. The highest BCUT2D eigenvalue weighted by Gasteiger charge is 2.23. The number of imidazole rings is 1. The molecule has 0 saturated carbocycles. The molecule has 29 heavy (non-hydrogen) atoms. The summed E-state index contributed by atoms with van der Waals surface area (Å²) in [7, 11) is 0. The smallest absolute Gasteiger partial charge is 0.315 e. The lowest BCUT2D eigenvalue weighted by Gasteiger charge is -2.27. The summed E-state index contributed by atoms with van der Waals surface area (Å²) in [5, 5.41) is 6.01. The third-order valence-electron chi connectivity index (χ3n) is 5.27. The van der Waals surface area contributed by atoms with E-state index in [0.717, 1.165) is 50.8 Å². The van der Waals surface area contributed by atoms with Crippen LogP contribution in [0.4, 0.5) is 4.79 Å². The van der Waals surface area contributed by atoms with Gasteiger partial charge in [0.15, 0.2) is 0 Å². The first kappa shape index (κ1) is 20.9. The lowest BCUT2D eigenvalue weighted by atomic mass is 10.1. The van der Waals surface area contributed by atoms with Gasteiger partial charge in [0, 0.05) is 45.0 Å². The second-order valence-corrected chi connectivity index (χ2v) is 7.52. The van der Waals surface area contributed by atoms with Gasteiger partial charge in [0.2, 0.25) is 5.91 Å². The Kier molecular flexibility index (Phi) is 8.10. The number of unbranched alkanes of at least 4 members (excludes halogenated alkanes) is 1. The average molecular weight is 398 g/mol. The van der Waals surface area contributed by atoms with E-state index in [9.17, 15) is 9.59 Å². The van der Waals surface area contributed by atoms with E-state index >= 15 is 0 Å². The van der Waals surface area contributed by atoms with E-state index in [2.05, 4.69) is 15.6 Å². The van der Waals surface area contributed by atoms with Crippen molar-refractivity contribution >= 4 is 11.9 Å². The van der Waals surface area contributed by atoms with Crippen molar-refractivity contribution in [2.24, 2.45) is 0 Å². The second-order valence-electron chi connectivity index (χ2n) is 7.52. The molecular weight excluding hydrogens is 366 g/mol. The minimum atomic E-state index is -0.218. The number of aromatic nitrogens is 2. The van der Waals surface area contributed by atoms with Crippen LogP contribution in [0.5, 0.6) is 0 Å². The van der Waals surface area contributed by atoms with Gasteiger partial charge in [-0.05, 0) is 31.2 Å². The normalized spacial score (nSPS) is 15.6. The number of nitrogens with zero attached hydrogens (tertiary/aromatic N) is 3. The summed E-state index contributed by atoms with van der Waals surface area (Å²) in [5.74, 6) is 0.185. The van der Waals surface area contributed by atoms with Crippen molar-refractivity contribution < 1.29 is 9.59 Å². The van der Waals surface area contributed by atoms with Gasteiger partial charge < -0.3 is 20.1 Å². The fourth-order valence-corrected chi connectivity index (χ4v) is 3.62. The number of benzene rings is 1. The Labute approximate surface area is 172 Å². The summed E-state index contributed by atoms with van der Waals surface area (Å²) in [4.78, 5) is 30.8. The molecule has 1 unspecified atom stereocenters. The number of carbonyl (C=O) groups excluding carboxylic acids is 2. The predicted octanol–water partition coefficient (Wildman–Crippen LogP) is 3.11. The standard InChI is InChI=1S/C22H31N5O2/c28-21-11-5-2-7-15-27(21)17-20(19-9-3-1-4-10-19)25-22(29)24-12-6-8-14-26-16-13-23-18-26/h1,3-4,9-10,13,16,18,20H,2,5-8,11-12,14-15,17H2,(H2,24,25,29). The van der Waals surface area contributed by atoms with Gasteiger partial charge >= 0.3 is 6.03 Å². The van der Waals surface area contributed by atoms with Crippen LogP contribution >= 0.6 is 0 Å². The molecule has 1 aromatic heterocycles. The number of carbonyl (C=O) groups is 2. The number of aryl methyl sites for hydroxylation is 1. The van der Waals surface area contributed by atoms with Crippen LogP contribution in [0.25, 0.3) is 0 Å². The number of hydrogen-bond donors (Lipinski definition) is 2. The molecule has 156 valence electrons. The fourth-order valence-electron chi connectivity index (χ4n) is 3.62. The van der Waals surface area contributed by atoms with Crippen LogP contribution < -0.4 is 10.6 Å². The molecule has 2 N–H and O–H groups in total. The third kappa shape index (κ3) is 6.93. The zero-order valence-corrected chi connectivity index (χ0v) is 16.9. The van der Waals surface area contributed by atoms with Crippen LogP contribution in [0.1, 0.15) is 50.1 Å². The summed E-state index contributed by atoms with van der Waals surface area (Å²) in [5.41, 5.74) is 1.01. The lowest BCUT2D eigenvalue weighted by molar-refractivity contribution is -0.131. The molecule has 3 amide bonds. The summed E-state index contributed by atoms with van der Waals surface area (Å²) in [6.07, 6.45) is 11.0. The number of urea groups is 1. The maximum absolute atomic E-state index is 12.5. The molecule has 1 aliphatic rings. The molecule has 7 heteroatoms. The van der Waals surface area contributed by atoms with E-state index in [4.69, 9.17) is 0 Å². The first-order chi connectivity index (χ1) is 14.2. The molecule has 0 spiro atoms. The molecule has 2 aromatic rings. The second kappa shape index (κ2) is 11.2. The zero-order chi connectivity index (χ0) is 20.3. The molecule has 7 nitrogen and oxygen atoms in total. The number of amides is 3. The van der Waals surface area contributed by atoms with Crippen LogP contribution in [0.3, 0.4) is 0 Å². The van der Waals surface area contributed by atoms with Crippen LogP contribution in [0.2, 0.25) is 0 Å². The summed E-state index contributed by atoms with van der Waals surface area (Å²) in [6, 6.07) is 9.46. The minimum absolute atomic E-state index is 0.185. The van der Waals surface area contributed by atoms with Gasteiger partial charge in [-0.25, -0.2) is 9.78 Å². The SMILES string of the molecule is O=C(NCCCCn1ccnc1)NC(CN1CCCCCC1=O)c1ccccc1. The topological polar surface area (TPSA) is 79.3 Å². The van der Waals surface area contributed by atoms with Gasteiger partial charge in [-0.2, -0.15) is 0 Å². The first-order valence-electron chi connectivity index (χ1n) is 10.6. The van der Waals surface area contributed by atoms with Gasteiger partial charge in [-0.1, -0.05) is 36.8 Å². The van der Waals surface area contributed by atoms with Crippen LogP contribution in [0.15, 0.2) is 49.1 Å². The largest absolute Gasteiger partial charge is 0.340 e. The van der Waals surface area contributed by atoms with E-state index in [0.29, 0.717) is 19.5 Å². The molecule has 1 fully saturated rings. The van der Waals surface area contributed by atoms with Crippen LogP contribution in [-0.4, -0.2) is 46.0 Å². The number of hydrogen-bond acceptors (Lipinski definition) is 3. The Hall–Kier alpha value is -2.83.